The van der Waals surface area contributed by atoms with Gasteiger partial charge >= 0.3 is 0 Å². The number of nitrogens with zero attached hydrogens (tertiary/aromatic N) is 1. The zero-order chi connectivity index (χ0) is 12.4. The van der Waals surface area contributed by atoms with E-state index in [0.29, 0.717) is 17.2 Å². The molecule has 0 atom stereocenters. The van der Waals surface area contributed by atoms with Crippen molar-refractivity contribution >= 4 is 23.0 Å². The predicted molar refractivity (Wildman–Crippen MR) is 72.1 cm³/mol. The van der Waals surface area contributed by atoms with E-state index < -0.39 is 0 Å². The Morgan fingerprint density at radius 1 is 1.06 bits per heavy atom. The summed E-state index contributed by atoms with van der Waals surface area (Å²) < 4.78 is 6.20. The fraction of sp³-hybridized carbons (Fsp3) is 0.0769. The molecule has 1 heterocycles. The number of H-pyrrole nitrogens is 2. The van der Waals surface area contributed by atoms with Gasteiger partial charge in [-0.3, -0.25) is 10.2 Å². The van der Waals surface area contributed by atoms with Gasteiger partial charge < -0.3 is 4.74 Å². The molecule has 0 radical (unpaired) electrons. The second-order valence-electron chi connectivity index (χ2n) is 3.88. The summed E-state index contributed by atoms with van der Waals surface area (Å²) in [6.07, 6.45) is 0. The molecule has 0 saturated carbocycles. The van der Waals surface area contributed by atoms with Gasteiger partial charge in [0.15, 0.2) is 5.82 Å². The number of fused-ring (bicyclic) bond motifs is 1. The Hall–Kier alpha value is -2.14. The maximum Gasteiger partial charge on any atom is 0.213 e. The molecule has 90 valence electrons. The standard InChI is InChI=1S/C13H11N3OS/c18-13-14-12(15-16-13)8-17-11-7-3-5-9-4-1-2-6-10(9)11/h1-7H,8H2,(H2,14,15,16,18). The minimum absolute atomic E-state index is 0.362. The molecule has 2 aromatic carbocycles. The van der Waals surface area contributed by atoms with Crippen LogP contribution in [0.1, 0.15) is 5.82 Å². The van der Waals surface area contributed by atoms with Crippen LogP contribution in [-0.4, -0.2) is 15.2 Å². The lowest BCUT2D eigenvalue weighted by atomic mass is 10.1. The molecule has 0 fully saturated rings. The number of ether oxygens (including phenoxy) is 1. The Kier molecular flexibility index (Phi) is 2.82. The van der Waals surface area contributed by atoms with Crippen molar-refractivity contribution in [1.82, 2.24) is 15.2 Å². The zero-order valence-electron chi connectivity index (χ0n) is 9.51. The van der Waals surface area contributed by atoms with E-state index in [1.54, 1.807) is 0 Å². The third kappa shape index (κ3) is 2.12. The van der Waals surface area contributed by atoms with Gasteiger partial charge in [0.25, 0.3) is 0 Å². The van der Waals surface area contributed by atoms with Gasteiger partial charge in [-0.25, -0.2) is 4.98 Å². The van der Waals surface area contributed by atoms with E-state index in [-0.39, 0.29) is 0 Å². The summed E-state index contributed by atoms with van der Waals surface area (Å²) >= 11 is 4.89. The molecule has 5 heteroatoms. The smallest absolute Gasteiger partial charge is 0.213 e. The molecule has 2 N–H and O–H groups in total. The van der Waals surface area contributed by atoms with Crippen LogP contribution in [0.3, 0.4) is 0 Å². The summed E-state index contributed by atoms with van der Waals surface area (Å²) in [6.45, 7) is 0.362. The first-order valence-corrected chi connectivity index (χ1v) is 5.98. The summed E-state index contributed by atoms with van der Waals surface area (Å²) in [5, 5.41) is 7.85. The molecule has 0 aliphatic heterocycles. The molecule has 3 rings (SSSR count). The minimum atomic E-state index is 0.362. The highest BCUT2D eigenvalue weighted by molar-refractivity contribution is 7.71. The summed E-state index contributed by atoms with van der Waals surface area (Å²) in [5.74, 6) is 1.53. The average Bonchev–Trinajstić information content (AvgIpc) is 2.82. The van der Waals surface area contributed by atoms with E-state index in [1.165, 1.54) is 0 Å². The average molecular weight is 257 g/mol. The predicted octanol–water partition coefficient (Wildman–Crippen LogP) is 3.20. The van der Waals surface area contributed by atoms with Gasteiger partial charge in [-0.1, -0.05) is 36.4 Å². The Morgan fingerprint density at radius 2 is 1.89 bits per heavy atom. The summed E-state index contributed by atoms with van der Waals surface area (Å²) in [6, 6.07) is 14.1. The molecule has 0 amide bonds. The molecule has 0 saturated heterocycles. The fourth-order valence-corrected chi connectivity index (χ4v) is 2.00. The minimum Gasteiger partial charge on any atom is -0.485 e. The largest absolute Gasteiger partial charge is 0.485 e. The van der Waals surface area contributed by atoms with Gasteiger partial charge in [0, 0.05) is 5.39 Å². The van der Waals surface area contributed by atoms with Gasteiger partial charge in [-0.05, 0) is 23.7 Å². The number of hydrogen-bond acceptors (Lipinski definition) is 3. The highest BCUT2D eigenvalue weighted by Gasteiger charge is 2.02. The van der Waals surface area contributed by atoms with Gasteiger partial charge in [0.05, 0.1) is 0 Å². The van der Waals surface area contributed by atoms with Crippen LogP contribution < -0.4 is 4.74 Å². The topological polar surface area (TPSA) is 53.7 Å². The Morgan fingerprint density at radius 3 is 2.72 bits per heavy atom. The van der Waals surface area contributed by atoms with E-state index in [9.17, 15) is 0 Å². The number of aromatic nitrogens is 3. The van der Waals surface area contributed by atoms with Gasteiger partial charge in [0.2, 0.25) is 4.77 Å². The van der Waals surface area contributed by atoms with Crippen molar-refractivity contribution in [1.29, 1.82) is 0 Å². The van der Waals surface area contributed by atoms with Crippen LogP contribution in [0.15, 0.2) is 42.5 Å². The van der Waals surface area contributed by atoms with Gasteiger partial charge in [-0.15, -0.1) is 0 Å². The number of nitrogens with one attached hydrogen (secondary N) is 2. The zero-order valence-corrected chi connectivity index (χ0v) is 10.3. The van der Waals surface area contributed by atoms with Crippen LogP contribution in [-0.2, 0) is 6.61 Å². The quantitative estimate of drug-likeness (QED) is 0.708. The Bertz CT molecular complexity index is 727. The first-order valence-electron chi connectivity index (χ1n) is 5.57. The summed E-state index contributed by atoms with van der Waals surface area (Å²) in [7, 11) is 0. The van der Waals surface area contributed by atoms with E-state index >= 15 is 0 Å². The van der Waals surface area contributed by atoms with Crippen LogP contribution in [0.2, 0.25) is 0 Å². The van der Waals surface area contributed by atoms with E-state index in [1.807, 2.05) is 30.3 Å². The fourth-order valence-electron chi connectivity index (χ4n) is 1.84. The van der Waals surface area contributed by atoms with Crippen LogP contribution in [0.4, 0.5) is 0 Å². The Labute approximate surface area is 109 Å². The summed E-state index contributed by atoms with van der Waals surface area (Å²) in [5.41, 5.74) is 0. The van der Waals surface area contributed by atoms with E-state index in [0.717, 1.165) is 16.5 Å². The second-order valence-corrected chi connectivity index (χ2v) is 4.27. The molecule has 0 aliphatic carbocycles. The van der Waals surface area contributed by atoms with Crippen molar-refractivity contribution in [2.24, 2.45) is 0 Å². The van der Waals surface area contributed by atoms with Gasteiger partial charge in [-0.2, -0.15) is 0 Å². The van der Waals surface area contributed by atoms with Gasteiger partial charge in [0.1, 0.15) is 12.4 Å². The third-order valence-electron chi connectivity index (χ3n) is 2.66. The van der Waals surface area contributed by atoms with E-state index in [4.69, 9.17) is 17.0 Å². The molecule has 3 aromatic rings. The lowest BCUT2D eigenvalue weighted by Gasteiger charge is -2.07. The third-order valence-corrected chi connectivity index (χ3v) is 2.86. The van der Waals surface area contributed by atoms with Crippen molar-refractivity contribution in [3.63, 3.8) is 0 Å². The van der Waals surface area contributed by atoms with Crippen molar-refractivity contribution in [2.75, 3.05) is 0 Å². The van der Waals surface area contributed by atoms with Crippen LogP contribution in [0, 0.1) is 4.77 Å². The maximum atomic E-state index is 5.76. The first-order chi connectivity index (χ1) is 8.83. The number of benzene rings is 2. The van der Waals surface area contributed by atoms with Crippen molar-refractivity contribution in [2.45, 2.75) is 6.61 Å². The van der Waals surface area contributed by atoms with Crippen LogP contribution in [0.25, 0.3) is 10.8 Å². The number of aromatic amines is 2. The molecular weight excluding hydrogens is 246 g/mol. The highest BCUT2D eigenvalue weighted by Crippen LogP contribution is 2.25. The number of rotatable bonds is 3. The Balaban J connectivity index is 1.88. The van der Waals surface area contributed by atoms with Crippen molar-refractivity contribution in [3.8, 4) is 5.75 Å². The number of hydrogen-bond donors (Lipinski definition) is 2. The first kappa shape index (κ1) is 11.0. The van der Waals surface area contributed by atoms with Crippen molar-refractivity contribution < 1.29 is 4.74 Å². The highest BCUT2D eigenvalue weighted by atomic mass is 32.1. The molecule has 0 bridgehead atoms. The lowest BCUT2D eigenvalue weighted by Crippen LogP contribution is -1.98. The van der Waals surface area contributed by atoms with Crippen LogP contribution in [0.5, 0.6) is 5.75 Å². The van der Waals surface area contributed by atoms with Crippen LogP contribution >= 0.6 is 12.2 Å². The molecule has 0 aliphatic rings. The monoisotopic (exact) mass is 257 g/mol. The van der Waals surface area contributed by atoms with E-state index in [2.05, 4.69) is 27.3 Å². The molecule has 18 heavy (non-hydrogen) atoms. The maximum absolute atomic E-state index is 5.76. The molecular formula is C13H11N3OS. The normalized spacial score (nSPS) is 10.7. The molecule has 0 unspecified atom stereocenters. The summed E-state index contributed by atoms with van der Waals surface area (Å²) in [4.78, 5) is 4.08. The van der Waals surface area contributed by atoms with Crippen molar-refractivity contribution in [3.05, 3.63) is 53.1 Å². The molecule has 1 aromatic heterocycles. The molecule has 4 nitrogen and oxygen atoms in total. The lowest BCUT2D eigenvalue weighted by molar-refractivity contribution is 0.300. The second kappa shape index (κ2) is 4.62. The molecule has 0 spiro atoms. The SMILES string of the molecule is S=c1nc(COc2cccc3ccccc23)[nH][nH]1.